The van der Waals surface area contributed by atoms with Gasteiger partial charge in [-0.3, -0.25) is 0 Å². The number of nitriles is 1. The SMILES string of the molecule is COC(=O)c1nc(-c2ccc(C#N)cc2)n(C)n1. The van der Waals surface area contributed by atoms with Crippen molar-refractivity contribution in [2.75, 3.05) is 7.11 Å². The largest absolute Gasteiger partial charge is 0.463 e. The number of carbonyl (C=O) groups is 1. The van der Waals surface area contributed by atoms with Gasteiger partial charge in [0.15, 0.2) is 5.82 Å². The van der Waals surface area contributed by atoms with Crippen molar-refractivity contribution in [3.05, 3.63) is 35.7 Å². The molecule has 0 aliphatic rings. The maximum absolute atomic E-state index is 11.3. The first-order valence-electron chi connectivity index (χ1n) is 5.15. The molecule has 6 nitrogen and oxygen atoms in total. The second kappa shape index (κ2) is 4.67. The molecule has 0 spiro atoms. The highest BCUT2D eigenvalue weighted by Gasteiger charge is 2.15. The zero-order chi connectivity index (χ0) is 13.1. The fraction of sp³-hybridized carbons (Fsp3) is 0.167. The number of rotatable bonds is 2. The summed E-state index contributed by atoms with van der Waals surface area (Å²) in [5, 5.41) is 12.7. The van der Waals surface area contributed by atoms with Gasteiger partial charge in [0.25, 0.3) is 5.82 Å². The molecule has 1 aromatic heterocycles. The van der Waals surface area contributed by atoms with E-state index in [1.807, 2.05) is 6.07 Å². The molecule has 0 fully saturated rings. The van der Waals surface area contributed by atoms with Gasteiger partial charge in [-0.2, -0.15) is 5.26 Å². The molecule has 6 heteroatoms. The molecule has 18 heavy (non-hydrogen) atoms. The fourth-order valence-electron chi connectivity index (χ4n) is 1.51. The maximum Gasteiger partial charge on any atom is 0.377 e. The van der Waals surface area contributed by atoms with Crippen LogP contribution < -0.4 is 0 Å². The van der Waals surface area contributed by atoms with Crippen LogP contribution in [0.1, 0.15) is 16.2 Å². The van der Waals surface area contributed by atoms with Gasteiger partial charge in [0.1, 0.15) is 0 Å². The average molecular weight is 242 g/mol. The van der Waals surface area contributed by atoms with Crippen LogP contribution in [0.15, 0.2) is 24.3 Å². The van der Waals surface area contributed by atoms with Crippen molar-refractivity contribution in [3.8, 4) is 17.5 Å². The van der Waals surface area contributed by atoms with E-state index in [2.05, 4.69) is 14.8 Å². The van der Waals surface area contributed by atoms with Gasteiger partial charge in [-0.05, 0) is 24.3 Å². The first-order valence-corrected chi connectivity index (χ1v) is 5.15. The number of benzene rings is 1. The Balaban J connectivity index is 2.41. The summed E-state index contributed by atoms with van der Waals surface area (Å²) in [6.45, 7) is 0. The molecule has 0 unspecified atom stereocenters. The molecule has 0 N–H and O–H groups in total. The summed E-state index contributed by atoms with van der Waals surface area (Å²) in [6.07, 6.45) is 0. The number of ether oxygens (including phenoxy) is 1. The van der Waals surface area contributed by atoms with Crippen molar-refractivity contribution in [1.29, 1.82) is 5.26 Å². The van der Waals surface area contributed by atoms with Crippen LogP contribution in [0.2, 0.25) is 0 Å². The summed E-state index contributed by atoms with van der Waals surface area (Å²) in [5.74, 6) is -0.0234. The minimum atomic E-state index is -0.578. The van der Waals surface area contributed by atoms with Crippen LogP contribution in [0.5, 0.6) is 0 Å². The molecule has 0 saturated carbocycles. The van der Waals surface area contributed by atoms with Crippen molar-refractivity contribution < 1.29 is 9.53 Å². The normalized spacial score (nSPS) is 9.83. The maximum atomic E-state index is 11.3. The van der Waals surface area contributed by atoms with Crippen LogP contribution in [-0.4, -0.2) is 27.8 Å². The van der Waals surface area contributed by atoms with Gasteiger partial charge < -0.3 is 4.74 Å². The van der Waals surface area contributed by atoms with Crippen molar-refractivity contribution in [2.24, 2.45) is 7.05 Å². The Hall–Kier alpha value is -2.68. The highest BCUT2D eigenvalue weighted by Crippen LogP contribution is 2.17. The highest BCUT2D eigenvalue weighted by molar-refractivity contribution is 5.85. The zero-order valence-corrected chi connectivity index (χ0v) is 9.91. The fourth-order valence-corrected chi connectivity index (χ4v) is 1.51. The molecule has 1 heterocycles. The first kappa shape index (κ1) is 11.8. The third-order valence-corrected chi connectivity index (χ3v) is 2.40. The van der Waals surface area contributed by atoms with E-state index in [9.17, 15) is 4.79 Å². The molecule has 2 aromatic rings. The van der Waals surface area contributed by atoms with E-state index < -0.39 is 5.97 Å². The van der Waals surface area contributed by atoms with Crippen molar-refractivity contribution in [1.82, 2.24) is 14.8 Å². The van der Waals surface area contributed by atoms with Gasteiger partial charge in [-0.25, -0.2) is 14.5 Å². The second-order valence-corrected chi connectivity index (χ2v) is 3.56. The van der Waals surface area contributed by atoms with Crippen LogP contribution in [0.25, 0.3) is 11.4 Å². The van der Waals surface area contributed by atoms with E-state index in [0.29, 0.717) is 11.4 Å². The third-order valence-electron chi connectivity index (χ3n) is 2.40. The molecule has 0 aliphatic carbocycles. The van der Waals surface area contributed by atoms with E-state index >= 15 is 0 Å². The topological polar surface area (TPSA) is 80.8 Å². The molecule has 0 amide bonds. The number of nitrogens with zero attached hydrogens (tertiary/aromatic N) is 4. The molecule has 1 aromatic carbocycles. The van der Waals surface area contributed by atoms with Gasteiger partial charge in [0.05, 0.1) is 18.7 Å². The minimum Gasteiger partial charge on any atom is -0.463 e. The Kier molecular flexibility index (Phi) is 3.06. The lowest BCUT2D eigenvalue weighted by Crippen LogP contribution is -2.04. The molecule has 0 atom stereocenters. The van der Waals surface area contributed by atoms with E-state index in [1.54, 1.807) is 31.3 Å². The van der Waals surface area contributed by atoms with E-state index in [1.165, 1.54) is 11.8 Å². The number of hydrogen-bond acceptors (Lipinski definition) is 5. The molecule has 0 radical (unpaired) electrons. The summed E-state index contributed by atoms with van der Waals surface area (Å²) < 4.78 is 6.05. The molecular weight excluding hydrogens is 232 g/mol. The molecular formula is C12H10N4O2. The lowest BCUT2D eigenvalue weighted by Gasteiger charge is -1.99. The summed E-state index contributed by atoms with van der Waals surface area (Å²) >= 11 is 0. The Morgan fingerprint density at radius 3 is 2.61 bits per heavy atom. The third kappa shape index (κ3) is 2.06. The van der Waals surface area contributed by atoms with Crippen molar-refractivity contribution >= 4 is 5.97 Å². The molecule has 0 aliphatic heterocycles. The van der Waals surface area contributed by atoms with Crippen molar-refractivity contribution in [3.63, 3.8) is 0 Å². The summed E-state index contributed by atoms with van der Waals surface area (Å²) in [4.78, 5) is 15.4. The van der Waals surface area contributed by atoms with Crippen LogP contribution in [0, 0.1) is 11.3 Å². The smallest absolute Gasteiger partial charge is 0.377 e. The van der Waals surface area contributed by atoms with Gasteiger partial charge in [0.2, 0.25) is 0 Å². The molecule has 2 rings (SSSR count). The van der Waals surface area contributed by atoms with Crippen molar-refractivity contribution in [2.45, 2.75) is 0 Å². The Morgan fingerprint density at radius 1 is 1.39 bits per heavy atom. The lowest BCUT2D eigenvalue weighted by molar-refractivity contribution is 0.0586. The number of hydrogen-bond donors (Lipinski definition) is 0. The summed E-state index contributed by atoms with van der Waals surface area (Å²) in [7, 11) is 2.97. The monoisotopic (exact) mass is 242 g/mol. The summed E-state index contributed by atoms with van der Waals surface area (Å²) in [5.41, 5.74) is 1.34. The first-order chi connectivity index (χ1) is 8.65. The average Bonchev–Trinajstić information content (AvgIpc) is 2.80. The molecule has 90 valence electrons. The van der Waals surface area contributed by atoms with Crippen LogP contribution >= 0.6 is 0 Å². The van der Waals surface area contributed by atoms with Gasteiger partial charge >= 0.3 is 5.97 Å². The Labute approximate surface area is 103 Å². The molecule has 0 bridgehead atoms. The lowest BCUT2D eigenvalue weighted by atomic mass is 10.1. The van der Waals surface area contributed by atoms with Crippen LogP contribution in [0.4, 0.5) is 0 Å². The number of carbonyl (C=O) groups excluding carboxylic acids is 1. The highest BCUT2D eigenvalue weighted by atomic mass is 16.5. The van der Waals surface area contributed by atoms with E-state index in [-0.39, 0.29) is 5.82 Å². The van der Waals surface area contributed by atoms with E-state index in [0.717, 1.165) is 5.56 Å². The van der Waals surface area contributed by atoms with E-state index in [4.69, 9.17) is 5.26 Å². The predicted octanol–water partition coefficient (Wildman–Crippen LogP) is 1.14. The predicted molar refractivity (Wildman–Crippen MR) is 62.5 cm³/mol. The standard InChI is InChI=1S/C12H10N4O2/c1-16-11(14-10(15-16)12(17)18-2)9-5-3-8(7-13)4-6-9/h3-6H,1-2H3. The number of methoxy groups -OCH3 is 1. The van der Waals surface area contributed by atoms with Gasteiger partial charge in [0, 0.05) is 12.6 Å². The number of aromatic nitrogens is 3. The van der Waals surface area contributed by atoms with Gasteiger partial charge in [-0.1, -0.05) is 0 Å². The second-order valence-electron chi connectivity index (χ2n) is 3.56. The number of aryl methyl sites for hydroxylation is 1. The quantitative estimate of drug-likeness (QED) is 0.737. The summed E-state index contributed by atoms with van der Waals surface area (Å²) in [6, 6.07) is 8.91. The van der Waals surface area contributed by atoms with Crippen LogP contribution in [0.3, 0.4) is 0 Å². The Bertz CT molecular complexity index is 623. The number of esters is 1. The zero-order valence-electron chi connectivity index (χ0n) is 9.91. The Morgan fingerprint density at radius 2 is 2.06 bits per heavy atom. The van der Waals surface area contributed by atoms with Crippen LogP contribution in [-0.2, 0) is 11.8 Å². The minimum absolute atomic E-state index is 0.0133. The van der Waals surface area contributed by atoms with Gasteiger partial charge in [-0.15, -0.1) is 5.10 Å². The molecule has 0 saturated heterocycles.